The highest BCUT2D eigenvalue weighted by Gasteiger charge is 2.12. The van der Waals surface area contributed by atoms with E-state index in [-0.39, 0.29) is 17.5 Å². The molecule has 0 atom stereocenters. The molecule has 122 valence electrons. The summed E-state index contributed by atoms with van der Waals surface area (Å²) in [7, 11) is 1.69. The normalized spacial score (nSPS) is 10.4. The van der Waals surface area contributed by atoms with Gasteiger partial charge in [0.1, 0.15) is 17.4 Å². The van der Waals surface area contributed by atoms with Gasteiger partial charge in [-0.05, 0) is 61.4 Å². The molecule has 0 aliphatic heterocycles. The van der Waals surface area contributed by atoms with Crippen molar-refractivity contribution >= 4 is 5.91 Å². The standard InChI is InChI=1S/C18H19F2NO2/c1-13-12-14(4-9-17(13)20)18(22)21(2)10-3-11-23-16-7-5-15(19)6-8-16/h4-9,12H,3,10-11H2,1-2H3. The number of carbonyl (C=O) groups is 1. The van der Waals surface area contributed by atoms with E-state index in [1.54, 1.807) is 37.1 Å². The zero-order valence-electron chi connectivity index (χ0n) is 13.2. The molecule has 0 bridgehead atoms. The molecule has 0 spiro atoms. The van der Waals surface area contributed by atoms with Gasteiger partial charge in [-0.3, -0.25) is 4.79 Å². The van der Waals surface area contributed by atoms with Crippen molar-refractivity contribution in [2.45, 2.75) is 13.3 Å². The average Bonchev–Trinajstić information content (AvgIpc) is 2.55. The summed E-state index contributed by atoms with van der Waals surface area (Å²) in [5.41, 5.74) is 0.912. The highest BCUT2D eigenvalue weighted by molar-refractivity contribution is 5.94. The van der Waals surface area contributed by atoms with E-state index < -0.39 is 0 Å². The van der Waals surface area contributed by atoms with E-state index in [0.29, 0.717) is 36.4 Å². The lowest BCUT2D eigenvalue weighted by molar-refractivity contribution is 0.0787. The van der Waals surface area contributed by atoms with E-state index in [2.05, 4.69) is 0 Å². The van der Waals surface area contributed by atoms with E-state index in [0.717, 1.165) is 0 Å². The molecule has 0 aliphatic carbocycles. The summed E-state index contributed by atoms with van der Waals surface area (Å²) >= 11 is 0. The molecule has 5 heteroatoms. The minimum atomic E-state index is -0.322. The molecule has 0 saturated heterocycles. The number of carbonyl (C=O) groups excluding carboxylic acids is 1. The largest absolute Gasteiger partial charge is 0.494 e. The van der Waals surface area contributed by atoms with Crippen molar-refractivity contribution in [2.24, 2.45) is 0 Å². The lowest BCUT2D eigenvalue weighted by Crippen LogP contribution is -2.28. The average molecular weight is 319 g/mol. The van der Waals surface area contributed by atoms with Crippen LogP contribution in [0, 0.1) is 18.6 Å². The van der Waals surface area contributed by atoms with Gasteiger partial charge < -0.3 is 9.64 Å². The fourth-order valence-electron chi connectivity index (χ4n) is 2.12. The third-order valence-electron chi connectivity index (χ3n) is 3.47. The first-order valence-corrected chi connectivity index (χ1v) is 7.37. The maximum atomic E-state index is 13.2. The van der Waals surface area contributed by atoms with Crippen molar-refractivity contribution in [3.63, 3.8) is 0 Å². The Labute approximate surface area is 134 Å². The Bertz CT molecular complexity index is 671. The Morgan fingerprint density at radius 2 is 1.83 bits per heavy atom. The lowest BCUT2D eigenvalue weighted by atomic mass is 10.1. The summed E-state index contributed by atoms with van der Waals surface area (Å²) in [6, 6.07) is 10.1. The highest BCUT2D eigenvalue weighted by atomic mass is 19.1. The van der Waals surface area contributed by atoms with Crippen LogP contribution in [0.1, 0.15) is 22.3 Å². The number of halogens is 2. The summed E-state index contributed by atoms with van der Waals surface area (Å²) in [4.78, 5) is 13.8. The summed E-state index contributed by atoms with van der Waals surface area (Å²) in [5.74, 6) is -0.196. The second-order valence-corrected chi connectivity index (χ2v) is 5.35. The Balaban J connectivity index is 1.79. The van der Waals surface area contributed by atoms with Crippen molar-refractivity contribution in [3.8, 4) is 5.75 Å². The molecule has 2 aromatic carbocycles. The monoisotopic (exact) mass is 319 g/mol. The van der Waals surface area contributed by atoms with Gasteiger partial charge in [0, 0.05) is 19.2 Å². The van der Waals surface area contributed by atoms with Gasteiger partial charge in [-0.15, -0.1) is 0 Å². The van der Waals surface area contributed by atoms with Crippen molar-refractivity contribution in [1.82, 2.24) is 4.90 Å². The van der Waals surface area contributed by atoms with Crippen LogP contribution in [-0.2, 0) is 0 Å². The summed E-state index contributed by atoms with van der Waals surface area (Å²) in [6.45, 7) is 2.56. The third-order valence-corrected chi connectivity index (χ3v) is 3.47. The Morgan fingerprint density at radius 3 is 2.48 bits per heavy atom. The quantitative estimate of drug-likeness (QED) is 0.758. The zero-order valence-corrected chi connectivity index (χ0v) is 13.2. The van der Waals surface area contributed by atoms with Gasteiger partial charge in [0.2, 0.25) is 0 Å². The van der Waals surface area contributed by atoms with E-state index >= 15 is 0 Å². The zero-order chi connectivity index (χ0) is 16.8. The van der Waals surface area contributed by atoms with E-state index in [9.17, 15) is 13.6 Å². The molecule has 0 aromatic heterocycles. The predicted molar refractivity (Wildman–Crippen MR) is 84.6 cm³/mol. The number of hydrogen-bond acceptors (Lipinski definition) is 2. The number of hydrogen-bond donors (Lipinski definition) is 0. The van der Waals surface area contributed by atoms with Crippen molar-refractivity contribution in [1.29, 1.82) is 0 Å². The lowest BCUT2D eigenvalue weighted by Gasteiger charge is -2.17. The second kappa shape index (κ2) is 7.72. The molecular formula is C18H19F2NO2. The summed E-state index contributed by atoms with van der Waals surface area (Å²) < 4.78 is 31.5. The van der Waals surface area contributed by atoms with Gasteiger partial charge in [-0.2, -0.15) is 0 Å². The van der Waals surface area contributed by atoms with Crippen LogP contribution in [0.25, 0.3) is 0 Å². The van der Waals surface area contributed by atoms with Crippen LogP contribution < -0.4 is 4.74 Å². The number of aryl methyl sites for hydroxylation is 1. The van der Waals surface area contributed by atoms with E-state index in [1.807, 2.05) is 0 Å². The molecule has 0 radical (unpaired) electrons. The van der Waals surface area contributed by atoms with E-state index in [4.69, 9.17) is 4.74 Å². The predicted octanol–water partition coefficient (Wildman–Crippen LogP) is 3.81. The summed E-state index contributed by atoms with van der Waals surface area (Å²) in [5, 5.41) is 0. The second-order valence-electron chi connectivity index (χ2n) is 5.35. The maximum absolute atomic E-state index is 13.2. The van der Waals surface area contributed by atoms with Crippen LogP contribution in [0.15, 0.2) is 42.5 Å². The van der Waals surface area contributed by atoms with Gasteiger partial charge in [0.15, 0.2) is 0 Å². The van der Waals surface area contributed by atoms with Crippen LogP contribution in [0.4, 0.5) is 8.78 Å². The topological polar surface area (TPSA) is 29.5 Å². The molecule has 0 fully saturated rings. The first-order chi connectivity index (χ1) is 11.0. The van der Waals surface area contributed by atoms with Gasteiger partial charge in [0.25, 0.3) is 5.91 Å². The smallest absolute Gasteiger partial charge is 0.253 e. The number of amides is 1. The third kappa shape index (κ3) is 4.77. The van der Waals surface area contributed by atoms with E-state index in [1.165, 1.54) is 24.3 Å². The molecule has 0 N–H and O–H groups in total. The Hall–Kier alpha value is -2.43. The molecule has 1 amide bonds. The first-order valence-electron chi connectivity index (χ1n) is 7.37. The molecule has 0 saturated carbocycles. The molecular weight excluding hydrogens is 300 g/mol. The number of ether oxygens (including phenoxy) is 1. The van der Waals surface area contributed by atoms with Gasteiger partial charge >= 0.3 is 0 Å². The summed E-state index contributed by atoms with van der Waals surface area (Å²) in [6.07, 6.45) is 0.639. The molecule has 23 heavy (non-hydrogen) atoms. The molecule has 2 rings (SSSR count). The van der Waals surface area contributed by atoms with Crippen LogP contribution in [0.2, 0.25) is 0 Å². The van der Waals surface area contributed by atoms with Crippen LogP contribution in [-0.4, -0.2) is 31.0 Å². The van der Waals surface area contributed by atoms with Gasteiger partial charge in [-0.25, -0.2) is 8.78 Å². The van der Waals surface area contributed by atoms with Crippen molar-refractivity contribution in [3.05, 3.63) is 65.2 Å². The molecule has 3 nitrogen and oxygen atoms in total. The minimum Gasteiger partial charge on any atom is -0.494 e. The highest BCUT2D eigenvalue weighted by Crippen LogP contribution is 2.13. The maximum Gasteiger partial charge on any atom is 0.253 e. The molecule has 0 heterocycles. The van der Waals surface area contributed by atoms with Gasteiger partial charge in [0.05, 0.1) is 6.61 Å². The minimum absolute atomic E-state index is 0.158. The first kappa shape index (κ1) is 16.9. The molecule has 0 aliphatic rings. The van der Waals surface area contributed by atoms with Crippen LogP contribution >= 0.6 is 0 Å². The van der Waals surface area contributed by atoms with Gasteiger partial charge in [-0.1, -0.05) is 0 Å². The fourth-order valence-corrected chi connectivity index (χ4v) is 2.12. The van der Waals surface area contributed by atoms with Crippen LogP contribution in [0.3, 0.4) is 0 Å². The van der Waals surface area contributed by atoms with Crippen molar-refractivity contribution in [2.75, 3.05) is 20.2 Å². The number of rotatable bonds is 6. The van der Waals surface area contributed by atoms with Crippen molar-refractivity contribution < 1.29 is 18.3 Å². The van der Waals surface area contributed by atoms with Crippen LogP contribution in [0.5, 0.6) is 5.75 Å². The molecule has 2 aromatic rings. The Kier molecular flexibility index (Phi) is 5.68. The fraction of sp³-hybridized carbons (Fsp3) is 0.278. The Morgan fingerprint density at radius 1 is 1.13 bits per heavy atom. The molecule has 0 unspecified atom stereocenters. The SMILES string of the molecule is Cc1cc(C(=O)N(C)CCCOc2ccc(F)cc2)ccc1F. The number of benzene rings is 2. The number of nitrogens with zero attached hydrogens (tertiary/aromatic N) is 1.